The molecular weight excluding hydrogens is 330 g/mol. The van der Waals surface area contributed by atoms with E-state index in [9.17, 15) is 9.90 Å². The van der Waals surface area contributed by atoms with Crippen LogP contribution in [0.2, 0.25) is 0 Å². The van der Waals surface area contributed by atoms with E-state index in [1.165, 1.54) is 10.5 Å². The maximum atomic E-state index is 12.7. The SMILES string of the molecule is C[C@@H]1C[NH+](C[C@H]2C(=O)O[C@@H]3CC4=CCC[C@H](C)[C@@]4(C)[C@H](O)[C@@H]32)C[C@H](C)O1. The van der Waals surface area contributed by atoms with Gasteiger partial charge in [0.2, 0.25) is 0 Å². The zero-order valence-corrected chi connectivity index (χ0v) is 16.5. The standard InChI is InChI=1S/C21H33NO4/c1-12-6-5-7-15-8-17-18(19(23)21(12,15)4)16(20(24)26-17)11-22-9-13(2)25-14(3)10-22/h7,12-14,16-19,23H,5-6,8-11H2,1-4H3/p+1/t12-,13-,14+,16+,17+,18+,19+,21+/m0/s1. The Morgan fingerprint density at radius 2 is 1.96 bits per heavy atom. The minimum absolute atomic E-state index is 0.0776. The Balaban J connectivity index is 1.57. The number of carbonyl (C=O) groups excluding carboxylic acids is 1. The lowest BCUT2D eigenvalue weighted by atomic mass is 9.55. The van der Waals surface area contributed by atoms with Gasteiger partial charge < -0.3 is 19.5 Å². The van der Waals surface area contributed by atoms with Gasteiger partial charge in [-0.2, -0.15) is 0 Å². The summed E-state index contributed by atoms with van der Waals surface area (Å²) in [6.07, 6.45) is 5.04. The Labute approximate surface area is 156 Å². The van der Waals surface area contributed by atoms with Gasteiger partial charge in [-0.15, -0.1) is 0 Å². The molecule has 4 aliphatic rings. The van der Waals surface area contributed by atoms with Crippen molar-refractivity contribution in [2.24, 2.45) is 23.2 Å². The summed E-state index contributed by atoms with van der Waals surface area (Å²) in [6, 6.07) is 0. The largest absolute Gasteiger partial charge is 0.461 e. The molecule has 4 rings (SSSR count). The number of carbonyl (C=O) groups is 1. The number of aliphatic hydroxyl groups excluding tert-OH is 1. The van der Waals surface area contributed by atoms with E-state index in [-0.39, 0.29) is 41.5 Å². The number of fused-ring (bicyclic) bond motifs is 2. The van der Waals surface area contributed by atoms with Crippen LogP contribution in [-0.2, 0) is 14.3 Å². The van der Waals surface area contributed by atoms with Crippen LogP contribution in [0.15, 0.2) is 11.6 Å². The molecule has 2 aliphatic carbocycles. The summed E-state index contributed by atoms with van der Waals surface area (Å²) in [5, 5.41) is 11.4. The average Bonchev–Trinajstić information content (AvgIpc) is 2.85. The van der Waals surface area contributed by atoms with Gasteiger partial charge in [-0.25, -0.2) is 0 Å². The minimum atomic E-state index is -0.505. The molecule has 0 aromatic heterocycles. The van der Waals surface area contributed by atoms with Gasteiger partial charge in [0.1, 0.15) is 37.3 Å². The fourth-order valence-electron chi connectivity index (χ4n) is 6.16. The smallest absolute Gasteiger partial charge is 0.315 e. The number of hydrogen-bond acceptors (Lipinski definition) is 4. The quantitative estimate of drug-likeness (QED) is 0.566. The molecule has 0 radical (unpaired) electrons. The van der Waals surface area contributed by atoms with Crippen molar-refractivity contribution < 1.29 is 24.3 Å². The Kier molecular flexibility index (Phi) is 4.69. The van der Waals surface area contributed by atoms with Crippen LogP contribution in [0, 0.1) is 23.2 Å². The first-order valence-electron chi connectivity index (χ1n) is 10.4. The molecule has 0 aromatic carbocycles. The zero-order chi connectivity index (χ0) is 18.6. The van der Waals surface area contributed by atoms with Gasteiger partial charge in [-0.1, -0.05) is 25.5 Å². The number of quaternary nitrogens is 1. The third-order valence-corrected chi connectivity index (χ3v) is 7.70. The molecule has 9 atom stereocenters. The fraction of sp³-hybridized carbons (Fsp3) is 0.857. The second-order valence-corrected chi connectivity index (χ2v) is 9.42. The Morgan fingerprint density at radius 3 is 2.65 bits per heavy atom. The normalized spacial score (nSPS) is 51.3. The van der Waals surface area contributed by atoms with E-state index < -0.39 is 6.10 Å². The van der Waals surface area contributed by atoms with Crippen molar-refractivity contribution >= 4 is 5.97 Å². The molecule has 2 N–H and O–H groups in total. The van der Waals surface area contributed by atoms with Crippen molar-refractivity contribution in [3.8, 4) is 0 Å². The topological polar surface area (TPSA) is 60.2 Å². The van der Waals surface area contributed by atoms with Gasteiger partial charge in [-0.05, 0) is 32.6 Å². The summed E-state index contributed by atoms with van der Waals surface area (Å²) in [4.78, 5) is 14.1. The van der Waals surface area contributed by atoms with E-state index in [1.54, 1.807) is 0 Å². The highest BCUT2D eigenvalue weighted by atomic mass is 16.6. The summed E-state index contributed by atoms with van der Waals surface area (Å²) in [5.41, 5.74) is 1.09. The van der Waals surface area contributed by atoms with Crippen LogP contribution in [0.1, 0.15) is 47.0 Å². The Bertz CT molecular complexity index is 595. The van der Waals surface area contributed by atoms with E-state index in [2.05, 4.69) is 33.8 Å². The number of morpholine rings is 1. The van der Waals surface area contributed by atoms with Crippen LogP contribution in [0.25, 0.3) is 0 Å². The van der Waals surface area contributed by atoms with E-state index in [1.807, 2.05) is 0 Å². The van der Waals surface area contributed by atoms with Gasteiger partial charge in [0.25, 0.3) is 0 Å². The lowest BCUT2D eigenvalue weighted by Gasteiger charge is -2.51. The second-order valence-electron chi connectivity index (χ2n) is 9.42. The van der Waals surface area contributed by atoms with Gasteiger partial charge in [0, 0.05) is 17.8 Å². The van der Waals surface area contributed by atoms with Crippen molar-refractivity contribution in [1.29, 1.82) is 0 Å². The van der Waals surface area contributed by atoms with Crippen molar-refractivity contribution in [3.05, 3.63) is 11.6 Å². The minimum Gasteiger partial charge on any atom is -0.461 e. The van der Waals surface area contributed by atoms with Crippen molar-refractivity contribution in [3.63, 3.8) is 0 Å². The number of aliphatic hydroxyl groups is 1. The summed E-state index contributed by atoms with van der Waals surface area (Å²) >= 11 is 0. The molecule has 26 heavy (non-hydrogen) atoms. The molecule has 0 aromatic rings. The molecule has 0 amide bonds. The third-order valence-electron chi connectivity index (χ3n) is 7.70. The highest BCUT2D eigenvalue weighted by Gasteiger charge is 2.60. The lowest BCUT2D eigenvalue weighted by molar-refractivity contribution is -0.917. The van der Waals surface area contributed by atoms with Crippen LogP contribution in [0.4, 0.5) is 0 Å². The molecule has 146 valence electrons. The Hall–Kier alpha value is -0.910. The number of nitrogens with one attached hydrogen (secondary N) is 1. The number of esters is 1. The van der Waals surface area contributed by atoms with E-state index in [0.717, 1.165) is 38.9 Å². The number of hydrogen-bond donors (Lipinski definition) is 2. The van der Waals surface area contributed by atoms with Gasteiger partial charge in [0.05, 0.1) is 12.6 Å². The molecule has 5 nitrogen and oxygen atoms in total. The highest BCUT2D eigenvalue weighted by molar-refractivity contribution is 5.76. The van der Waals surface area contributed by atoms with Gasteiger partial charge >= 0.3 is 5.97 Å². The molecule has 0 spiro atoms. The molecule has 3 fully saturated rings. The maximum absolute atomic E-state index is 12.7. The summed E-state index contributed by atoms with van der Waals surface area (Å²) < 4.78 is 11.6. The molecule has 0 bridgehead atoms. The van der Waals surface area contributed by atoms with E-state index >= 15 is 0 Å². The molecule has 2 heterocycles. The predicted molar refractivity (Wildman–Crippen MR) is 97.6 cm³/mol. The number of ether oxygens (including phenoxy) is 2. The fourth-order valence-corrected chi connectivity index (χ4v) is 6.16. The maximum Gasteiger partial charge on any atom is 0.315 e. The van der Waals surface area contributed by atoms with E-state index in [4.69, 9.17) is 9.47 Å². The number of allylic oxidation sites excluding steroid dienone is 1. The lowest BCUT2D eigenvalue weighted by Crippen LogP contribution is -3.16. The average molecular weight is 365 g/mol. The molecule has 2 aliphatic heterocycles. The van der Waals surface area contributed by atoms with Crippen LogP contribution in [0.3, 0.4) is 0 Å². The molecule has 5 heteroatoms. The van der Waals surface area contributed by atoms with Crippen LogP contribution >= 0.6 is 0 Å². The molecular formula is C21H34NO4+. The molecule has 1 unspecified atom stereocenters. The van der Waals surface area contributed by atoms with Crippen LogP contribution < -0.4 is 4.90 Å². The summed E-state index contributed by atoms with van der Waals surface area (Å²) in [6.45, 7) is 11.2. The first-order chi connectivity index (χ1) is 12.3. The molecule has 1 saturated carbocycles. The summed E-state index contributed by atoms with van der Waals surface area (Å²) in [5.74, 6) is 0.0561. The monoisotopic (exact) mass is 364 g/mol. The second kappa shape index (κ2) is 6.61. The zero-order valence-electron chi connectivity index (χ0n) is 16.5. The predicted octanol–water partition coefficient (Wildman–Crippen LogP) is 0.964. The highest BCUT2D eigenvalue weighted by Crippen LogP contribution is 2.55. The first-order valence-corrected chi connectivity index (χ1v) is 10.4. The van der Waals surface area contributed by atoms with Crippen molar-refractivity contribution in [1.82, 2.24) is 0 Å². The Morgan fingerprint density at radius 1 is 1.27 bits per heavy atom. The van der Waals surface area contributed by atoms with Gasteiger partial charge in [0.15, 0.2) is 0 Å². The van der Waals surface area contributed by atoms with E-state index in [0.29, 0.717) is 5.92 Å². The summed E-state index contributed by atoms with van der Waals surface area (Å²) in [7, 11) is 0. The van der Waals surface area contributed by atoms with Crippen LogP contribution in [0.5, 0.6) is 0 Å². The molecule has 2 saturated heterocycles. The first kappa shape index (κ1) is 18.5. The van der Waals surface area contributed by atoms with Crippen molar-refractivity contribution in [2.45, 2.75) is 71.4 Å². The number of rotatable bonds is 2. The van der Waals surface area contributed by atoms with Crippen LogP contribution in [-0.4, -0.2) is 55.1 Å². The van der Waals surface area contributed by atoms with Gasteiger partial charge in [-0.3, -0.25) is 4.79 Å². The van der Waals surface area contributed by atoms with Crippen molar-refractivity contribution in [2.75, 3.05) is 19.6 Å². The third kappa shape index (κ3) is 2.83.